The van der Waals surface area contributed by atoms with Crippen molar-refractivity contribution in [2.24, 2.45) is 0 Å². The lowest BCUT2D eigenvalue weighted by molar-refractivity contribution is 0.0976. The third-order valence-electron chi connectivity index (χ3n) is 3.57. The maximum Gasteiger partial charge on any atom is 0.257 e. The van der Waals surface area contributed by atoms with Crippen molar-refractivity contribution in [3.05, 3.63) is 29.8 Å². The first-order chi connectivity index (χ1) is 10.2. The topological polar surface area (TPSA) is 50.4 Å². The first kappa shape index (κ1) is 15.8. The molecule has 0 radical (unpaired) electrons. The molecular formula is C16H22N2O2S. The number of hydrogen-bond acceptors (Lipinski definition) is 3. The van der Waals surface area contributed by atoms with Crippen molar-refractivity contribution in [1.82, 2.24) is 10.6 Å². The lowest BCUT2D eigenvalue weighted by atomic mass is 9.96. The minimum atomic E-state index is -0.204. The quantitative estimate of drug-likeness (QED) is 0.840. The fraction of sp³-hybridized carbons (Fsp3) is 0.500. The number of carbonyl (C=O) groups is 1. The molecule has 0 spiro atoms. The van der Waals surface area contributed by atoms with Gasteiger partial charge in [0.25, 0.3) is 5.91 Å². The predicted molar refractivity (Wildman–Crippen MR) is 87.7 cm³/mol. The number of amides is 1. The van der Waals surface area contributed by atoms with E-state index in [1.54, 1.807) is 18.2 Å². The highest BCUT2D eigenvalue weighted by Gasteiger charge is 2.15. The van der Waals surface area contributed by atoms with E-state index in [1.807, 2.05) is 13.0 Å². The summed E-state index contributed by atoms with van der Waals surface area (Å²) in [6, 6.07) is 7.50. The Morgan fingerprint density at radius 2 is 2.10 bits per heavy atom. The smallest absolute Gasteiger partial charge is 0.257 e. The molecule has 2 rings (SSSR count). The van der Waals surface area contributed by atoms with Gasteiger partial charge in [0.15, 0.2) is 5.11 Å². The Labute approximate surface area is 131 Å². The molecule has 1 aromatic rings. The van der Waals surface area contributed by atoms with Crippen LogP contribution in [0.5, 0.6) is 5.75 Å². The molecular weight excluding hydrogens is 284 g/mol. The Bertz CT molecular complexity index is 499. The van der Waals surface area contributed by atoms with E-state index in [0.717, 1.165) is 12.8 Å². The molecule has 0 saturated heterocycles. The Balaban J connectivity index is 1.87. The molecule has 1 aliphatic rings. The van der Waals surface area contributed by atoms with Crippen LogP contribution in [0, 0.1) is 0 Å². The van der Waals surface area contributed by atoms with E-state index >= 15 is 0 Å². The molecule has 0 aromatic heterocycles. The molecule has 1 fully saturated rings. The number of hydrogen-bond donors (Lipinski definition) is 2. The van der Waals surface area contributed by atoms with Crippen LogP contribution < -0.4 is 15.4 Å². The Kier molecular flexibility index (Phi) is 5.99. The van der Waals surface area contributed by atoms with E-state index in [4.69, 9.17) is 17.0 Å². The Morgan fingerprint density at radius 3 is 2.81 bits per heavy atom. The van der Waals surface area contributed by atoms with Gasteiger partial charge in [0.1, 0.15) is 5.75 Å². The largest absolute Gasteiger partial charge is 0.494 e. The molecule has 21 heavy (non-hydrogen) atoms. The van der Waals surface area contributed by atoms with Crippen LogP contribution in [-0.2, 0) is 0 Å². The van der Waals surface area contributed by atoms with Crippen molar-refractivity contribution >= 4 is 23.2 Å². The fourth-order valence-corrected chi connectivity index (χ4v) is 2.80. The normalized spacial score (nSPS) is 15.3. The molecule has 0 unspecified atom stereocenters. The van der Waals surface area contributed by atoms with Crippen LogP contribution in [-0.4, -0.2) is 23.7 Å². The van der Waals surface area contributed by atoms with Crippen LogP contribution in [0.2, 0.25) is 0 Å². The SMILES string of the molecule is CCOc1cccc(C(=O)NC(=S)NC2CCCCC2)c1. The van der Waals surface area contributed by atoms with Crippen LogP contribution in [0.25, 0.3) is 0 Å². The van der Waals surface area contributed by atoms with Gasteiger partial charge in [-0.2, -0.15) is 0 Å². The number of benzene rings is 1. The number of carbonyl (C=O) groups excluding carboxylic acids is 1. The van der Waals surface area contributed by atoms with Gasteiger partial charge in [-0.25, -0.2) is 0 Å². The molecule has 0 aliphatic heterocycles. The summed E-state index contributed by atoms with van der Waals surface area (Å²) in [4.78, 5) is 12.2. The molecule has 0 bridgehead atoms. The zero-order valence-electron chi connectivity index (χ0n) is 12.4. The van der Waals surface area contributed by atoms with Gasteiger partial charge in [-0.05, 0) is 50.2 Å². The van der Waals surface area contributed by atoms with E-state index in [-0.39, 0.29) is 5.91 Å². The molecule has 1 saturated carbocycles. The minimum absolute atomic E-state index is 0.204. The van der Waals surface area contributed by atoms with Crippen molar-refractivity contribution < 1.29 is 9.53 Å². The summed E-state index contributed by atoms with van der Waals surface area (Å²) in [6.07, 6.45) is 5.99. The van der Waals surface area contributed by atoms with E-state index < -0.39 is 0 Å². The second-order valence-corrected chi connectivity index (χ2v) is 5.63. The highest BCUT2D eigenvalue weighted by atomic mass is 32.1. The molecule has 4 nitrogen and oxygen atoms in total. The third-order valence-corrected chi connectivity index (χ3v) is 3.79. The highest BCUT2D eigenvalue weighted by molar-refractivity contribution is 7.80. The molecule has 1 amide bonds. The van der Waals surface area contributed by atoms with Gasteiger partial charge < -0.3 is 10.1 Å². The summed E-state index contributed by atoms with van der Waals surface area (Å²) in [5, 5.41) is 6.38. The standard InChI is InChI=1S/C16H22N2O2S/c1-2-20-14-10-6-7-12(11-14)15(19)18-16(21)17-13-8-4-3-5-9-13/h6-7,10-11,13H,2-5,8-9H2,1H3,(H2,17,18,19,21). The second kappa shape index (κ2) is 7.98. The van der Waals surface area contributed by atoms with Crippen LogP contribution in [0.3, 0.4) is 0 Å². The van der Waals surface area contributed by atoms with Crippen molar-refractivity contribution in [2.75, 3.05) is 6.61 Å². The summed E-state index contributed by atoms with van der Waals surface area (Å²) < 4.78 is 5.39. The van der Waals surface area contributed by atoms with Crippen molar-refractivity contribution in [2.45, 2.75) is 45.1 Å². The summed E-state index contributed by atoms with van der Waals surface area (Å²) in [5.74, 6) is 0.487. The van der Waals surface area contributed by atoms with Crippen LogP contribution >= 0.6 is 12.2 Å². The molecule has 1 aliphatic carbocycles. The maximum atomic E-state index is 12.2. The number of thiocarbonyl (C=S) groups is 1. The third kappa shape index (κ3) is 5.01. The average molecular weight is 306 g/mol. The van der Waals surface area contributed by atoms with Crippen molar-refractivity contribution in [1.29, 1.82) is 0 Å². The average Bonchev–Trinajstić information content (AvgIpc) is 2.48. The molecule has 5 heteroatoms. The van der Waals surface area contributed by atoms with E-state index in [0.29, 0.717) is 29.1 Å². The number of nitrogens with one attached hydrogen (secondary N) is 2. The van der Waals surface area contributed by atoms with Crippen molar-refractivity contribution in [3.63, 3.8) is 0 Å². The Morgan fingerprint density at radius 1 is 1.33 bits per heavy atom. The molecule has 114 valence electrons. The first-order valence-electron chi connectivity index (χ1n) is 7.53. The van der Waals surface area contributed by atoms with E-state index in [9.17, 15) is 4.79 Å². The first-order valence-corrected chi connectivity index (χ1v) is 7.94. The zero-order valence-corrected chi connectivity index (χ0v) is 13.2. The highest BCUT2D eigenvalue weighted by Crippen LogP contribution is 2.17. The van der Waals surface area contributed by atoms with Gasteiger partial charge in [-0.3, -0.25) is 10.1 Å². The second-order valence-electron chi connectivity index (χ2n) is 5.22. The lowest BCUT2D eigenvalue weighted by Gasteiger charge is -2.24. The molecule has 0 heterocycles. The zero-order chi connectivity index (χ0) is 15.1. The van der Waals surface area contributed by atoms with Gasteiger partial charge >= 0.3 is 0 Å². The van der Waals surface area contributed by atoms with Crippen molar-refractivity contribution in [3.8, 4) is 5.75 Å². The molecule has 1 aromatic carbocycles. The number of rotatable bonds is 4. The van der Waals surface area contributed by atoms with Gasteiger partial charge in [0.2, 0.25) is 0 Å². The van der Waals surface area contributed by atoms with Crippen LogP contribution in [0.4, 0.5) is 0 Å². The van der Waals surface area contributed by atoms with Gasteiger partial charge in [-0.15, -0.1) is 0 Å². The van der Waals surface area contributed by atoms with Crippen LogP contribution in [0.1, 0.15) is 49.4 Å². The summed E-state index contributed by atoms with van der Waals surface area (Å²) >= 11 is 5.22. The predicted octanol–water partition coefficient (Wildman–Crippen LogP) is 3.02. The number of ether oxygens (including phenoxy) is 1. The molecule has 0 atom stereocenters. The summed E-state index contributed by atoms with van der Waals surface area (Å²) in [5.41, 5.74) is 0.550. The van der Waals surface area contributed by atoms with Gasteiger partial charge in [0, 0.05) is 11.6 Å². The maximum absolute atomic E-state index is 12.2. The summed E-state index contributed by atoms with van der Waals surface area (Å²) in [7, 11) is 0. The van der Waals surface area contributed by atoms with E-state index in [2.05, 4.69) is 10.6 Å². The minimum Gasteiger partial charge on any atom is -0.494 e. The lowest BCUT2D eigenvalue weighted by Crippen LogP contribution is -2.45. The van der Waals surface area contributed by atoms with Gasteiger partial charge in [0.05, 0.1) is 6.61 Å². The van der Waals surface area contributed by atoms with Gasteiger partial charge in [-0.1, -0.05) is 25.3 Å². The van der Waals surface area contributed by atoms with Crippen LogP contribution in [0.15, 0.2) is 24.3 Å². The molecule has 2 N–H and O–H groups in total. The fourth-order valence-electron chi connectivity index (χ4n) is 2.54. The summed E-state index contributed by atoms with van der Waals surface area (Å²) in [6.45, 7) is 2.49. The van der Waals surface area contributed by atoms with E-state index in [1.165, 1.54) is 19.3 Å². The monoisotopic (exact) mass is 306 g/mol. The Hall–Kier alpha value is -1.62.